The maximum Gasteiger partial charge on any atom is 0.469 e. The van der Waals surface area contributed by atoms with Gasteiger partial charge in [0.05, 0.1) is 52.6 Å². The lowest BCUT2D eigenvalue weighted by Gasteiger charge is -2.08. The zero-order valence-electron chi connectivity index (χ0n) is 14.4. The summed E-state index contributed by atoms with van der Waals surface area (Å²) in [5.74, 6) is 0.0269. The molecule has 0 aromatic carbocycles. The molecule has 0 saturated carbocycles. The molecule has 0 radical (unpaired) electrons. The number of aromatic amines is 1. The molecule has 0 aliphatic rings. The van der Waals surface area contributed by atoms with Crippen LogP contribution in [0, 0.1) is 0 Å². The average Bonchev–Trinajstić information content (AvgIpc) is 2.98. The van der Waals surface area contributed by atoms with Gasteiger partial charge in [-0.2, -0.15) is 4.98 Å². The Morgan fingerprint density at radius 2 is 1.67 bits per heavy atom. The van der Waals surface area contributed by atoms with Gasteiger partial charge in [0.2, 0.25) is 5.95 Å². The first-order chi connectivity index (χ1) is 12.9. The van der Waals surface area contributed by atoms with E-state index in [0.29, 0.717) is 38.6 Å². The van der Waals surface area contributed by atoms with E-state index in [4.69, 9.17) is 29.7 Å². The summed E-state index contributed by atoms with van der Waals surface area (Å²) >= 11 is 0. The number of rotatable bonds is 13. The van der Waals surface area contributed by atoms with Gasteiger partial charge in [-0.25, -0.2) is 9.55 Å². The molecule has 0 fully saturated rings. The SMILES string of the molecule is Nc1nc2c(ncn2CCOCCOCCOCCOP(=O)(O)O)c(=O)[nH]1. The van der Waals surface area contributed by atoms with Crippen molar-refractivity contribution in [1.82, 2.24) is 19.5 Å². The second-order valence-electron chi connectivity index (χ2n) is 5.22. The van der Waals surface area contributed by atoms with E-state index >= 15 is 0 Å². The number of nitrogen functional groups attached to an aromatic ring is 1. The highest BCUT2D eigenvalue weighted by molar-refractivity contribution is 7.46. The molecule has 0 atom stereocenters. The third kappa shape index (κ3) is 7.72. The standard InChI is InChI=1S/C13H22N5O8P/c14-13-16-11-10(12(19)17-13)15-9-18(11)1-2-23-3-4-24-5-6-25-7-8-26-27(20,21)22/h9H,1-8H2,(H2,20,21,22)(H3,14,16,17,19). The summed E-state index contributed by atoms with van der Waals surface area (Å²) in [5.41, 5.74) is 5.76. The number of hydrogen-bond acceptors (Lipinski definition) is 9. The molecule has 0 unspecified atom stereocenters. The Balaban J connectivity index is 1.51. The third-order valence-corrected chi connectivity index (χ3v) is 3.72. The molecule has 0 saturated heterocycles. The number of phosphoric ester groups is 1. The summed E-state index contributed by atoms with van der Waals surface area (Å²) in [7, 11) is -4.44. The zero-order chi connectivity index (χ0) is 19.7. The minimum Gasteiger partial charge on any atom is -0.377 e. The summed E-state index contributed by atoms with van der Waals surface area (Å²) in [6.07, 6.45) is 1.50. The highest BCUT2D eigenvalue weighted by Crippen LogP contribution is 2.35. The average molecular weight is 407 g/mol. The van der Waals surface area contributed by atoms with E-state index in [9.17, 15) is 9.36 Å². The molecule has 2 aromatic rings. The summed E-state index contributed by atoms with van der Waals surface area (Å²) in [4.78, 5) is 39.0. The minimum atomic E-state index is -4.44. The van der Waals surface area contributed by atoms with E-state index in [2.05, 4.69) is 19.5 Å². The number of hydrogen-bond donors (Lipinski definition) is 4. The molecule has 0 aliphatic heterocycles. The van der Waals surface area contributed by atoms with Crippen LogP contribution in [0.2, 0.25) is 0 Å². The van der Waals surface area contributed by atoms with Gasteiger partial charge >= 0.3 is 7.82 Å². The molecule has 2 rings (SSSR count). The molecule has 0 bridgehead atoms. The normalized spacial score (nSPS) is 12.1. The molecule has 0 amide bonds. The van der Waals surface area contributed by atoms with Gasteiger partial charge in [-0.1, -0.05) is 0 Å². The molecular weight excluding hydrogens is 385 g/mol. The number of imidazole rings is 1. The number of nitrogens with one attached hydrogen (secondary N) is 1. The second-order valence-corrected chi connectivity index (χ2v) is 6.46. The maximum atomic E-state index is 11.7. The van der Waals surface area contributed by atoms with Crippen LogP contribution < -0.4 is 11.3 Å². The Morgan fingerprint density at radius 3 is 2.30 bits per heavy atom. The van der Waals surface area contributed by atoms with Crippen LogP contribution in [0.25, 0.3) is 11.2 Å². The highest BCUT2D eigenvalue weighted by Gasteiger charge is 2.12. The van der Waals surface area contributed by atoms with E-state index in [0.717, 1.165) is 0 Å². The van der Waals surface area contributed by atoms with Crippen LogP contribution >= 0.6 is 7.82 Å². The van der Waals surface area contributed by atoms with Gasteiger partial charge in [-0.3, -0.25) is 14.3 Å². The molecular formula is C13H22N5O8P. The van der Waals surface area contributed by atoms with E-state index in [-0.39, 0.29) is 36.8 Å². The molecule has 14 heteroatoms. The van der Waals surface area contributed by atoms with E-state index in [1.165, 1.54) is 6.33 Å². The predicted molar refractivity (Wildman–Crippen MR) is 93.0 cm³/mol. The fourth-order valence-corrected chi connectivity index (χ4v) is 2.37. The quantitative estimate of drug-likeness (QED) is 0.232. The molecule has 0 aliphatic carbocycles. The Morgan fingerprint density at radius 1 is 1.07 bits per heavy atom. The minimum absolute atomic E-state index is 0.0269. The van der Waals surface area contributed by atoms with Gasteiger partial charge in [-0.15, -0.1) is 0 Å². The van der Waals surface area contributed by atoms with Crippen molar-refractivity contribution < 1.29 is 33.1 Å². The lowest BCUT2D eigenvalue weighted by Crippen LogP contribution is -2.14. The molecule has 2 aromatic heterocycles. The number of anilines is 1. The molecule has 5 N–H and O–H groups in total. The molecule has 27 heavy (non-hydrogen) atoms. The molecule has 13 nitrogen and oxygen atoms in total. The van der Waals surface area contributed by atoms with Gasteiger partial charge in [0.25, 0.3) is 5.56 Å². The van der Waals surface area contributed by atoms with Crippen molar-refractivity contribution in [3.05, 3.63) is 16.7 Å². The number of nitrogens with zero attached hydrogens (tertiary/aromatic N) is 3. The predicted octanol–water partition coefficient (Wildman–Crippen LogP) is -1.14. The van der Waals surface area contributed by atoms with Crippen molar-refractivity contribution in [1.29, 1.82) is 0 Å². The van der Waals surface area contributed by atoms with Crippen molar-refractivity contribution in [2.24, 2.45) is 0 Å². The van der Waals surface area contributed by atoms with E-state index in [1.54, 1.807) is 4.57 Å². The van der Waals surface area contributed by atoms with Crippen LogP contribution in [0.15, 0.2) is 11.1 Å². The van der Waals surface area contributed by atoms with Crippen LogP contribution in [-0.2, 0) is 29.8 Å². The topological polar surface area (TPSA) is 184 Å². The van der Waals surface area contributed by atoms with Crippen molar-refractivity contribution in [2.45, 2.75) is 6.54 Å². The summed E-state index contributed by atoms with van der Waals surface area (Å²) < 4.78 is 32.1. The maximum absolute atomic E-state index is 11.7. The summed E-state index contributed by atoms with van der Waals surface area (Å²) in [6, 6.07) is 0. The number of phosphoric acid groups is 1. The number of aromatic nitrogens is 4. The van der Waals surface area contributed by atoms with Crippen molar-refractivity contribution in [3.8, 4) is 0 Å². The van der Waals surface area contributed by atoms with Crippen molar-refractivity contribution in [3.63, 3.8) is 0 Å². The molecule has 152 valence electrons. The summed E-state index contributed by atoms with van der Waals surface area (Å²) in [6.45, 7) is 2.01. The van der Waals surface area contributed by atoms with Crippen LogP contribution in [-0.4, -0.2) is 75.6 Å². The first-order valence-electron chi connectivity index (χ1n) is 8.01. The number of fused-ring (bicyclic) bond motifs is 1. The first-order valence-corrected chi connectivity index (χ1v) is 9.54. The van der Waals surface area contributed by atoms with Crippen LogP contribution in [0.4, 0.5) is 5.95 Å². The van der Waals surface area contributed by atoms with Gasteiger partial charge in [0.15, 0.2) is 11.2 Å². The first kappa shape index (κ1) is 21.4. The van der Waals surface area contributed by atoms with Gasteiger partial charge < -0.3 is 34.3 Å². The fraction of sp³-hybridized carbons (Fsp3) is 0.615. The Labute approximate surface area is 153 Å². The van der Waals surface area contributed by atoms with Gasteiger partial charge in [0.1, 0.15) is 0 Å². The highest BCUT2D eigenvalue weighted by atomic mass is 31.2. The van der Waals surface area contributed by atoms with Crippen LogP contribution in [0.3, 0.4) is 0 Å². The Kier molecular flexibility index (Phi) is 8.31. The second kappa shape index (κ2) is 10.5. The lowest BCUT2D eigenvalue weighted by atomic mass is 10.5. The van der Waals surface area contributed by atoms with Crippen molar-refractivity contribution in [2.75, 3.05) is 52.0 Å². The summed E-state index contributed by atoms with van der Waals surface area (Å²) in [5, 5.41) is 0. The van der Waals surface area contributed by atoms with E-state index < -0.39 is 7.82 Å². The van der Waals surface area contributed by atoms with Gasteiger partial charge in [-0.05, 0) is 0 Å². The lowest BCUT2D eigenvalue weighted by molar-refractivity contribution is 0.00655. The monoisotopic (exact) mass is 407 g/mol. The van der Waals surface area contributed by atoms with Crippen LogP contribution in [0.1, 0.15) is 0 Å². The van der Waals surface area contributed by atoms with Crippen molar-refractivity contribution >= 4 is 24.9 Å². The molecule has 0 spiro atoms. The fourth-order valence-electron chi connectivity index (χ4n) is 2.05. The molecule has 2 heterocycles. The number of nitrogens with two attached hydrogens (primary N) is 1. The van der Waals surface area contributed by atoms with E-state index in [1.807, 2.05) is 0 Å². The number of ether oxygens (including phenoxy) is 3. The number of H-pyrrole nitrogens is 1. The Bertz CT molecular complexity index is 819. The van der Waals surface area contributed by atoms with Crippen LogP contribution in [0.5, 0.6) is 0 Å². The Hall–Kier alpha value is -1.86. The third-order valence-electron chi connectivity index (χ3n) is 3.20. The zero-order valence-corrected chi connectivity index (χ0v) is 15.3. The largest absolute Gasteiger partial charge is 0.469 e. The van der Waals surface area contributed by atoms with Gasteiger partial charge in [0, 0.05) is 6.54 Å². The smallest absolute Gasteiger partial charge is 0.377 e.